The number of likely N-dealkylation sites (tertiary alicyclic amines) is 1. The Balaban J connectivity index is 1.81. The van der Waals surface area contributed by atoms with E-state index in [2.05, 4.69) is 4.98 Å². The molecule has 9 heteroatoms. The van der Waals surface area contributed by atoms with E-state index in [0.717, 1.165) is 6.42 Å². The van der Waals surface area contributed by atoms with E-state index in [1.165, 1.54) is 30.0 Å². The molecule has 1 aliphatic rings. The summed E-state index contributed by atoms with van der Waals surface area (Å²) in [6, 6.07) is 2.65. The maximum atomic E-state index is 12.7. The molecule has 0 aliphatic carbocycles. The quantitative estimate of drug-likeness (QED) is 0.776. The molecule has 1 unspecified atom stereocenters. The maximum Gasteiger partial charge on any atom is 0.261 e. The molecule has 1 saturated heterocycles. The standard InChI is InChI=1S/C18H22N4O5/c1-26-14-8-11-12(9-15(14)27-2)20-10-21(18(11)25)7-5-16(23)22-6-3-4-13(22)17(19)24/h8-10,13H,3-7H2,1-2H3,(H2,19,24). The molecular weight excluding hydrogens is 352 g/mol. The smallest absolute Gasteiger partial charge is 0.261 e. The Bertz CT molecular complexity index is 939. The minimum atomic E-state index is -0.555. The average molecular weight is 374 g/mol. The molecule has 2 amide bonds. The van der Waals surface area contributed by atoms with Crippen molar-refractivity contribution in [2.75, 3.05) is 20.8 Å². The van der Waals surface area contributed by atoms with E-state index in [-0.39, 0.29) is 24.4 Å². The van der Waals surface area contributed by atoms with E-state index < -0.39 is 11.9 Å². The molecule has 144 valence electrons. The number of carbonyl (C=O) groups excluding carboxylic acids is 2. The van der Waals surface area contributed by atoms with Crippen molar-refractivity contribution in [2.45, 2.75) is 31.8 Å². The zero-order chi connectivity index (χ0) is 19.6. The molecule has 2 N–H and O–H groups in total. The maximum absolute atomic E-state index is 12.7. The topological polar surface area (TPSA) is 117 Å². The SMILES string of the molecule is COc1cc2ncn(CCC(=O)N3CCCC3C(N)=O)c(=O)c2cc1OC. The van der Waals surface area contributed by atoms with Crippen molar-refractivity contribution in [3.05, 3.63) is 28.8 Å². The third kappa shape index (κ3) is 3.57. The number of primary amides is 1. The number of fused-ring (bicyclic) bond motifs is 1. The van der Waals surface area contributed by atoms with Crippen LogP contribution in [-0.2, 0) is 16.1 Å². The van der Waals surface area contributed by atoms with Gasteiger partial charge in [0.25, 0.3) is 5.56 Å². The van der Waals surface area contributed by atoms with Gasteiger partial charge in [-0.25, -0.2) is 4.98 Å². The molecule has 9 nitrogen and oxygen atoms in total. The largest absolute Gasteiger partial charge is 0.493 e. The second-order valence-corrected chi connectivity index (χ2v) is 6.36. The van der Waals surface area contributed by atoms with Crippen molar-refractivity contribution in [3.63, 3.8) is 0 Å². The molecule has 1 fully saturated rings. The van der Waals surface area contributed by atoms with Gasteiger partial charge in [-0.3, -0.25) is 19.0 Å². The summed E-state index contributed by atoms with van der Waals surface area (Å²) in [5.41, 5.74) is 5.55. The van der Waals surface area contributed by atoms with Gasteiger partial charge in [-0.2, -0.15) is 0 Å². The Hall–Kier alpha value is -3.10. The van der Waals surface area contributed by atoms with Crippen LogP contribution >= 0.6 is 0 Å². The van der Waals surface area contributed by atoms with E-state index in [9.17, 15) is 14.4 Å². The molecule has 1 aromatic heterocycles. The van der Waals surface area contributed by atoms with Crippen LogP contribution < -0.4 is 20.8 Å². The zero-order valence-electron chi connectivity index (χ0n) is 15.3. The predicted octanol–water partition coefficient (Wildman–Crippen LogP) is 0.280. The summed E-state index contributed by atoms with van der Waals surface area (Å²) in [6.45, 7) is 0.672. The number of amides is 2. The van der Waals surface area contributed by atoms with E-state index >= 15 is 0 Å². The predicted molar refractivity (Wildman–Crippen MR) is 97.7 cm³/mol. The van der Waals surface area contributed by atoms with Crippen molar-refractivity contribution >= 4 is 22.7 Å². The summed E-state index contributed by atoms with van der Waals surface area (Å²) in [4.78, 5) is 42.4. The van der Waals surface area contributed by atoms with Gasteiger partial charge in [0.15, 0.2) is 11.5 Å². The lowest BCUT2D eigenvalue weighted by Crippen LogP contribution is -2.44. The molecule has 2 aromatic rings. The lowest BCUT2D eigenvalue weighted by atomic mass is 10.2. The summed E-state index contributed by atoms with van der Waals surface area (Å²) < 4.78 is 11.8. The third-order valence-corrected chi connectivity index (χ3v) is 4.80. The number of aryl methyl sites for hydroxylation is 1. The van der Waals surface area contributed by atoms with Crippen molar-refractivity contribution in [3.8, 4) is 11.5 Å². The van der Waals surface area contributed by atoms with E-state index in [4.69, 9.17) is 15.2 Å². The first-order chi connectivity index (χ1) is 13.0. The van der Waals surface area contributed by atoms with Crippen LogP contribution in [0.5, 0.6) is 11.5 Å². The summed E-state index contributed by atoms with van der Waals surface area (Å²) in [7, 11) is 3.00. The van der Waals surface area contributed by atoms with Gasteiger partial charge in [0.1, 0.15) is 6.04 Å². The van der Waals surface area contributed by atoms with Gasteiger partial charge in [-0.1, -0.05) is 0 Å². The highest BCUT2D eigenvalue weighted by molar-refractivity contribution is 5.87. The van der Waals surface area contributed by atoms with E-state index in [1.54, 1.807) is 12.1 Å². The summed E-state index contributed by atoms with van der Waals surface area (Å²) >= 11 is 0. The Kier molecular flexibility index (Phi) is 5.29. The van der Waals surface area contributed by atoms with Crippen LogP contribution in [0.4, 0.5) is 0 Å². The Morgan fingerprint density at radius 1 is 1.26 bits per heavy atom. The monoisotopic (exact) mass is 374 g/mol. The highest BCUT2D eigenvalue weighted by Gasteiger charge is 2.32. The number of rotatable bonds is 6. The van der Waals surface area contributed by atoms with Crippen LogP contribution in [0.2, 0.25) is 0 Å². The molecule has 27 heavy (non-hydrogen) atoms. The molecule has 1 atom stereocenters. The Morgan fingerprint density at radius 2 is 1.96 bits per heavy atom. The first-order valence-corrected chi connectivity index (χ1v) is 8.66. The first kappa shape index (κ1) is 18.7. The van der Waals surface area contributed by atoms with Crippen LogP contribution in [0, 0.1) is 0 Å². The van der Waals surface area contributed by atoms with Crippen molar-refractivity contribution in [1.82, 2.24) is 14.5 Å². The number of aromatic nitrogens is 2. The van der Waals surface area contributed by atoms with Crippen LogP contribution in [0.15, 0.2) is 23.3 Å². The van der Waals surface area contributed by atoms with Gasteiger partial charge >= 0.3 is 0 Å². The number of nitrogens with two attached hydrogens (primary N) is 1. The molecule has 1 aliphatic heterocycles. The van der Waals surface area contributed by atoms with Gasteiger partial charge in [-0.05, 0) is 18.9 Å². The number of nitrogens with zero attached hydrogens (tertiary/aromatic N) is 3. The fourth-order valence-corrected chi connectivity index (χ4v) is 3.37. The van der Waals surface area contributed by atoms with Crippen molar-refractivity contribution in [2.24, 2.45) is 5.73 Å². The number of methoxy groups -OCH3 is 2. The summed E-state index contributed by atoms with van der Waals surface area (Å²) in [5.74, 6) is 0.220. The molecular formula is C18H22N4O5. The normalized spacial score (nSPS) is 16.5. The van der Waals surface area contributed by atoms with Gasteiger partial charge in [0.05, 0.1) is 31.4 Å². The average Bonchev–Trinajstić information content (AvgIpc) is 3.16. The van der Waals surface area contributed by atoms with E-state index in [1.807, 2.05) is 0 Å². The zero-order valence-corrected chi connectivity index (χ0v) is 15.3. The molecule has 3 rings (SSSR count). The number of carbonyl (C=O) groups is 2. The number of hydrogen-bond donors (Lipinski definition) is 1. The van der Waals surface area contributed by atoms with Crippen molar-refractivity contribution in [1.29, 1.82) is 0 Å². The van der Waals surface area contributed by atoms with E-state index in [0.29, 0.717) is 35.4 Å². The Morgan fingerprint density at radius 3 is 2.63 bits per heavy atom. The van der Waals surface area contributed by atoms with Crippen LogP contribution in [0.25, 0.3) is 10.9 Å². The highest BCUT2D eigenvalue weighted by atomic mass is 16.5. The number of ether oxygens (including phenoxy) is 2. The lowest BCUT2D eigenvalue weighted by Gasteiger charge is -2.22. The molecule has 0 spiro atoms. The van der Waals surface area contributed by atoms with Crippen molar-refractivity contribution < 1.29 is 19.1 Å². The molecule has 2 heterocycles. The second kappa shape index (κ2) is 7.65. The molecule has 0 radical (unpaired) electrons. The number of hydrogen-bond acceptors (Lipinski definition) is 6. The first-order valence-electron chi connectivity index (χ1n) is 8.66. The summed E-state index contributed by atoms with van der Waals surface area (Å²) in [5, 5.41) is 0.374. The van der Waals surface area contributed by atoms with Gasteiger partial charge in [0, 0.05) is 25.6 Å². The highest BCUT2D eigenvalue weighted by Crippen LogP contribution is 2.29. The van der Waals surface area contributed by atoms with Gasteiger partial charge in [0.2, 0.25) is 11.8 Å². The fraction of sp³-hybridized carbons (Fsp3) is 0.444. The minimum Gasteiger partial charge on any atom is -0.493 e. The fourth-order valence-electron chi connectivity index (χ4n) is 3.37. The third-order valence-electron chi connectivity index (χ3n) is 4.80. The van der Waals surface area contributed by atoms with Crippen LogP contribution in [0.1, 0.15) is 19.3 Å². The van der Waals surface area contributed by atoms with Gasteiger partial charge < -0.3 is 20.1 Å². The lowest BCUT2D eigenvalue weighted by molar-refractivity contribution is -0.137. The Labute approximate surface area is 155 Å². The molecule has 0 bridgehead atoms. The van der Waals surface area contributed by atoms with Gasteiger partial charge in [-0.15, -0.1) is 0 Å². The molecule has 0 saturated carbocycles. The molecule has 1 aromatic carbocycles. The van der Waals surface area contributed by atoms with Crippen LogP contribution in [-0.4, -0.2) is 53.1 Å². The second-order valence-electron chi connectivity index (χ2n) is 6.36. The summed E-state index contributed by atoms with van der Waals surface area (Å²) in [6.07, 6.45) is 2.82. The number of benzene rings is 1. The van der Waals surface area contributed by atoms with Crippen LogP contribution in [0.3, 0.4) is 0 Å². The minimum absolute atomic E-state index is 0.0875.